The third kappa shape index (κ3) is 5.65. The Hall–Kier alpha value is -2.67. The van der Waals surface area contributed by atoms with Gasteiger partial charge >= 0.3 is 5.97 Å². The SMILES string of the molecule is C[C@@H](NC(=O)COC(=O)CSc1ccccc1)c1ccc2c(c1)OCCO2. The summed E-state index contributed by atoms with van der Waals surface area (Å²) in [5.41, 5.74) is 0.888. The molecule has 3 rings (SSSR count). The van der Waals surface area contributed by atoms with Crippen molar-refractivity contribution in [2.45, 2.75) is 17.9 Å². The highest BCUT2D eigenvalue weighted by Gasteiger charge is 2.16. The second-order valence-electron chi connectivity index (χ2n) is 5.95. The molecule has 0 saturated heterocycles. The molecule has 0 aliphatic carbocycles. The van der Waals surface area contributed by atoms with E-state index in [1.165, 1.54) is 11.8 Å². The highest BCUT2D eigenvalue weighted by atomic mass is 32.2. The number of carbonyl (C=O) groups is 2. The van der Waals surface area contributed by atoms with Gasteiger partial charge in [-0.15, -0.1) is 11.8 Å². The van der Waals surface area contributed by atoms with Gasteiger partial charge in [-0.25, -0.2) is 0 Å². The van der Waals surface area contributed by atoms with Gasteiger partial charge in [0.15, 0.2) is 18.1 Å². The van der Waals surface area contributed by atoms with Crippen LogP contribution >= 0.6 is 11.8 Å². The van der Waals surface area contributed by atoms with Gasteiger partial charge in [0.2, 0.25) is 0 Å². The lowest BCUT2D eigenvalue weighted by Crippen LogP contribution is -2.31. The van der Waals surface area contributed by atoms with Gasteiger partial charge in [0, 0.05) is 4.90 Å². The molecular weight excluding hydrogens is 366 g/mol. The van der Waals surface area contributed by atoms with Crippen LogP contribution in [0.5, 0.6) is 11.5 Å². The van der Waals surface area contributed by atoms with Crippen molar-refractivity contribution in [3.8, 4) is 11.5 Å². The lowest BCUT2D eigenvalue weighted by molar-refractivity contribution is -0.146. The summed E-state index contributed by atoms with van der Waals surface area (Å²) < 4.78 is 16.1. The minimum Gasteiger partial charge on any atom is -0.486 e. The van der Waals surface area contributed by atoms with Crippen LogP contribution in [0.4, 0.5) is 0 Å². The molecule has 1 atom stereocenters. The van der Waals surface area contributed by atoms with Crippen molar-refractivity contribution in [2.75, 3.05) is 25.6 Å². The first-order valence-corrected chi connectivity index (χ1v) is 9.63. The van der Waals surface area contributed by atoms with Crippen LogP contribution in [0.25, 0.3) is 0 Å². The van der Waals surface area contributed by atoms with Crippen LogP contribution in [0.15, 0.2) is 53.4 Å². The van der Waals surface area contributed by atoms with E-state index in [9.17, 15) is 9.59 Å². The van der Waals surface area contributed by atoms with Crippen molar-refractivity contribution in [3.05, 3.63) is 54.1 Å². The van der Waals surface area contributed by atoms with Gasteiger partial charge in [-0.3, -0.25) is 9.59 Å². The molecule has 0 unspecified atom stereocenters. The molecule has 27 heavy (non-hydrogen) atoms. The molecule has 0 fully saturated rings. The predicted octanol–water partition coefficient (Wildman–Crippen LogP) is 2.97. The number of benzene rings is 2. The van der Waals surface area contributed by atoms with E-state index in [0.29, 0.717) is 24.7 Å². The summed E-state index contributed by atoms with van der Waals surface area (Å²) in [6.45, 7) is 2.60. The topological polar surface area (TPSA) is 73.9 Å². The van der Waals surface area contributed by atoms with Gasteiger partial charge in [-0.1, -0.05) is 24.3 Å². The maximum absolute atomic E-state index is 12.0. The Bertz CT molecular complexity index is 796. The highest BCUT2D eigenvalue weighted by molar-refractivity contribution is 8.00. The average molecular weight is 387 g/mol. The van der Waals surface area contributed by atoms with E-state index in [0.717, 1.165) is 10.5 Å². The van der Waals surface area contributed by atoms with Crippen LogP contribution in [0.3, 0.4) is 0 Å². The maximum atomic E-state index is 12.0. The molecule has 2 aromatic rings. The molecule has 0 aromatic heterocycles. The van der Waals surface area contributed by atoms with Crippen molar-refractivity contribution >= 4 is 23.6 Å². The summed E-state index contributed by atoms with van der Waals surface area (Å²) in [4.78, 5) is 24.8. The molecule has 2 aromatic carbocycles. The minimum atomic E-state index is -0.425. The fraction of sp³-hybridized carbons (Fsp3) is 0.300. The van der Waals surface area contributed by atoms with Gasteiger partial charge in [-0.2, -0.15) is 0 Å². The zero-order valence-electron chi connectivity index (χ0n) is 15.0. The van der Waals surface area contributed by atoms with Crippen molar-refractivity contribution in [1.29, 1.82) is 0 Å². The molecule has 0 saturated carbocycles. The van der Waals surface area contributed by atoms with Crippen LogP contribution in [0, 0.1) is 0 Å². The van der Waals surface area contributed by atoms with Crippen molar-refractivity contribution < 1.29 is 23.8 Å². The molecule has 6 nitrogen and oxygen atoms in total. The van der Waals surface area contributed by atoms with E-state index in [2.05, 4.69) is 5.32 Å². The number of nitrogens with one attached hydrogen (secondary N) is 1. The number of fused-ring (bicyclic) bond motifs is 1. The van der Waals surface area contributed by atoms with Gasteiger partial charge in [0.25, 0.3) is 5.91 Å². The van der Waals surface area contributed by atoms with Crippen molar-refractivity contribution in [2.24, 2.45) is 0 Å². The number of ether oxygens (including phenoxy) is 3. The lowest BCUT2D eigenvalue weighted by atomic mass is 10.1. The van der Waals surface area contributed by atoms with Gasteiger partial charge in [-0.05, 0) is 36.8 Å². The van der Waals surface area contributed by atoms with E-state index in [1.807, 2.05) is 55.5 Å². The standard InChI is InChI=1S/C20H21NO5S/c1-14(15-7-8-17-18(11-15)25-10-9-24-17)21-19(22)12-26-20(23)13-27-16-5-3-2-4-6-16/h2-8,11,14H,9-10,12-13H2,1H3,(H,21,22)/t14-/m1/s1. The molecule has 142 valence electrons. The van der Waals surface area contributed by atoms with Crippen molar-refractivity contribution in [1.82, 2.24) is 5.32 Å². The first-order valence-electron chi connectivity index (χ1n) is 8.64. The summed E-state index contributed by atoms with van der Waals surface area (Å²) in [5.74, 6) is 0.758. The van der Waals surface area contributed by atoms with Gasteiger partial charge in [0.05, 0.1) is 11.8 Å². The first-order chi connectivity index (χ1) is 13.1. The fourth-order valence-electron chi connectivity index (χ4n) is 2.54. The van der Waals surface area contributed by atoms with Crippen LogP contribution in [0.2, 0.25) is 0 Å². The van der Waals surface area contributed by atoms with Crippen LogP contribution in [-0.4, -0.2) is 37.4 Å². The van der Waals surface area contributed by atoms with Crippen LogP contribution < -0.4 is 14.8 Å². The van der Waals surface area contributed by atoms with Crippen molar-refractivity contribution in [3.63, 3.8) is 0 Å². The molecular formula is C20H21NO5S. The molecule has 0 spiro atoms. The summed E-state index contributed by atoms with van der Waals surface area (Å²) in [7, 11) is 0. The van der Waals surface area contributed by atoms with Gasteiger partial charge in [0.1, 0.15) is 13.2 Å². The number of esters is 1. The molecule has 7 heteroatoms. The monoisotopic (exact) mass is 387 g/mol. The van der Waals surface area contributed by atoms with Crippen LogP contribution in [0.1, 0.15) is 18.5 Å². The quantitative estimate of drug-likeness (QED) is 0.582. The number of rotatable bonds is 7. The van der Waals surface area contributed by atoms with Gasteiger partial charge < -0.3 is 19.5 Å². The Balaban J connectivity index is 1.42. The molecule has 1 aliphatic heterocycles. The molecule has 0 radical (unpaired) electrons. The van der Waals surface area contributed by atoms with Crippen LogP contribution in [-0.2, 0) is 14.3 Å². The second kappa shape index (κ2) is 9.32. The average Bonchev–Trinajstić information content (AvgIpc) is 2.71. The number of carbonyl (C=O) groups excluding carboxylic acids is 2. The highest BCUT2D eigenvalue weighted by Crippen LogP contribution is 2.32. The minimum absolute atomic E-state index is 0.162. The molecule has 1 heterocycles. The zero-order valence-corrected chi connectivity index (χ0v) is 15.8. The Labute approximate surface area is 162 Å². The number of hydrogen-bond acceptors (Lipinski definition) is 6. The third-order valence-electron chi connectivity index (χ3n) is 3.91. The number of hydrogen-bond donors (Lipinski definition) is 1. The van der Waals surface area contributed by atoms with E-state index in [4.69, 9.17) is 14.2 Å². The predicted molar refractivity (Wildman–Crippen MR) is 102 cm³/mol. The summed E-state index contributed by atoms with van der Waals surface area (Å²) in [5, 5.41) is 2.81. The normalized spacial score (nSPS) is 13.5. The summed E-state index contributed by atoms with van der Waals surface area (Å²) >= 11 is 1.37. The molecule has 1 N–H and O–H groups in total. The second-order valence-corrected chi connectivity index (χ2v) is 7.00. The van der Waals surface area contributed by atoms with E-state index >= 15 is 0 Å². The largest absolute Gasteiger partial charge is 0.486 e. The lowest BCUT2D eigenvalue weighted by Gasteiger charge is -2.21. The summed E-state index contributed by atoms with van der Waals surface area (Å²) in [6, 6.07) is 14.9. The van der Waals surface area contributed by atoms with E-state index in [1.54, 1.807) is 0 Å². The smallest absolute Gasteiger partial charge is 0.316 e. The Morgan fingerprint density at radius 1 is 1.11 bits per heavy atom. The fourth-order valence-corrected chi connectivity index (χ4v) is 3.26. The Morgan fingerprint density at radius 3 is 2.63 bits per heavy atom. The molecule has 1 aliphatic rings. The Morgan fingerprint density at radius 2 is 1.85 bits per heavy atom. The van der Waals surface area contributed by atoms with E-state index < -0.39 is 5.97 Å². The third-order valence-corrected chi connectivity index (χ3v) is 4.89. The summed E-state index contributed by atoms with van der Waals surface area (Å²) in [6.07, 6.45) is 0. The maximum Gasteiger partial charge on any atom is 0.316 e. The molecule has 0 bridgehead atoms. The Kier molecular flexibility index (Phi) is 6.59. The number of amides is 1. The number of thioether (sulfide) groups is 1. The molecule has 1 amide bonds. The first kappa shape index (κ1) is 19.1. The zero-order chi connectivity index (χ0) is 19.1. The van der Waals surface area contributed by atoms with E-state index in [-0.39, 0.29) is 24.3 Å².